The quantitative estimate of drug-likeness (QED) is 0.388. The minimum atomic E-state index is 0.102. The summed E-state index contributed by atoms with van der Waals surface area (Å²) >= 11 is 0. The number of aryl methyl sites for hydroxylation is 1. The van der Waals surface area contributed by atoms with Gasteiger partial charge >= 0.3 is 0 Å². The van der Waals surface area contributed by atoms with E-state index in [9.17, 15) is 0 Å². The maximum Gasteiger partial charge on any atom is 0.185 e. The monoisotopic (exact) mass is 211 g/mol. The Balaban J connectivity index is 2.36. The smallest absolute Gasteiger partial charge is 0.185 e. The second kappa shape index (κ2) is 5.97. The Morgan fingerprint density at radius 3 is 2.93 bits per heavy atom. The van der Waals surface area contributed by atoms with Crippen molar-refractivity contribution in [1.29, 1.82) is 0 Å². The summed E-state index contributed by atoms with van der Waals surface area (Å²) in [7, 11) is 0. The minimum absolute atomic E-state index is 0.102. The molecule has 0 aromatic carbocycles. The summed E-state index contributed by atoms with van der Waals surface area (Å²) in [6.45, 7) is 1.99. The molecule has 0 bridgehead atoms. The maximum absolute atomic E-state index is 5.39. The summed E-state index contributed by atoms with van der Waals surface area (Å²) in [6.07, 6.45) is 3.48. The number of hydrogen-bond acceptors (Lipinski definition) is 4. The Morgan fingerprint density at radius 2 is 2.27 bits per heavy atom. The summed E-state index contributed by atoms with van der Waals surface area (Å²) in [5.74, 6) is 0.102. The highest BCUT2D eigenvalue weighted by Crippen LogP contribution is 1.95. The van der Waals surface area contributed by atoms with Crippen molar-refractivity contribution in [2.24, 2.45) is 22.2 Å². The van der Waals surface area contributed by atoms with Gasteiger partial charge in [-0.05, 0) is 13.0 Å². The van der Waals surface area contributed by atoms with E-state index < -0.39 is 0 Å². The fourth-order valence-corrected chi connectivity index (χ4v) is 1.12. The molecule has 6 N–H and O–H groups in total. The molecule has 0 atom stereocenters. The van der Waals surface area contributed by atoms with Crippen LogP contribution in [0.4, 0.5) is 0 Å². The Bertz CT molecular complexity index is 313. The van der Waals surface area contributed by atoms with E-state index >= 15 is 0 Å². The van der Waals surface area contributed by atoms with Crippen molar-refractivity contribution in [2.45, 2.75) is 19.4 Å². The molecular formula is C8H17N7. The van der Waals surface area contributed by atoms with Crippen molar-refractivity contribution < 1.29 is 0 Å². The average Bonchev–Trinajstić information content (AvgIpc) is 2.62. The predicted molar refractivity (Wildman–Crippen MR) is 58.1 cm³/mol. The van der Waals surface area contributed by atoms with E-state index in [1.54, 1.807) is 4.68 Å². The first-order valence-electron chi connectivity index (χ1n) is 4.87. The lowest BCUT2D eigenvalue weighted by molar-refractivity contribution is 0.564. The number of rotatable bonds is 6. The number of aromatic nitrogens is 3. The van der Waals surface area contributed by atoms with Gasteiger partial charge in [-0.25, -0.2) is 0 Å². The third kappa shape index (κ3) is 4.41. The van der Waals surface area contributed by atoms with E-state index in [1.165, 1.54) is 0 Å². The van der Waals surface area contributed by atoms with Gasteiger partial charge in [0.05, 0.1) is 5.69 Å². The van der Waals surface area contributed by atoms with Crippen LogP contribution in [0.1, 0.15) is 12.1 Å². The lowest BCUT2D eigenvalue weighted by atomic mass is 10.3. The molecule has 0 fully saturated rings. The second-order valence-corrected chi connectivity index (χ2v) is 3.17. The molecule has 0 spiro atoms. The first-order valence-corrected chi connectivity index (χ1v) is 4.87. The van der Waals surface area contributed by atoms with Crippen molar-refractivity contribution in [3.05, 3.63) is 11.9 Å². The summed E-state index contributed by atoms with van der Waals surface area (Å²) in [6, 6.07) is 0. The van der Waals surface area contributed by atoms with Crippen molar-refractivity contribution in [3.8, 4) is 0 Å². The first-order chi connectivity index (χ1) is 7.22. The van der Waals surface area contributed by atoms with Crippen molar-refractivity contribution in [3.63, 3.8) is 0 Å². The van der Waals surface area contributed by atoms with Crippen LogP contribution in [0.3, 0.4) is 0 Å². The van der Waals surface area contributed by atoms with Gasteiger partial charge in [-0.2, -0.15) is 0 Å². The fraction of sp³-hybridized carbons (Fsp3) is 0.625. The molecule has 0 aliphatic heterocycles. The topological polar surface area (TPSA) is 121 Å². The van der Waals surface area contributed by atoms with Gasteiger partial charge in [0.25, 0.3) is 0 Å². The standard InChI is InChI=1S/C8H17N7/c9-3-1-5-15-6-7(13-14-15)2-4-12-8(10)11/h6H,1-5,9H2,(H4,10,11,12). The number of hydrogen-bond donors (Lipinski definition) is 3. The summed E-state index contributed by atoms with van der Waals surface area (Å²) < 4.78 is 1.78. The van der Waals surface area contributed by atoms with Gasteiger partial charge in [-0.3, -0.25) is 9.67 Å². The number of nitrogens with two attached hydrogens (primary N) is 3. The molecular weight excluding hydrogens is 194 g/mol. The number of nitrogens with zero attached hydrogens (tertiary/aromatic N) is 4. The average molecular weight is 211 g/mol. The van der Waals surface area contributed by atoms with E-state index in [2.05, 4.69) is 15.3 Å². The van der Waals surface area contributed by atoms with Crippen LogP contribution in [-0.4, -0.2) is 34.0 Å². The maximum atomic E-state index is 5.39. The van der Waals surface area contributed by atoms with Gasteiger partial charge < -0.3 is 17.2 Å². The summed E-state index contributed by atoms with van der Waals surface area (Å²) in [4.78, 5) is 3.87. The highest BCUT2D eigenvalue weighted by Gasteiger charge is 1.99. The molecule has 1 aromatic rings. The van der Waals surface area contributed by atoms with E-state index in [4.69, 9.17) is 17.2 Å². The molecule has 84 valence electrons. The van der Waals surface area contributed by atoms with Crippen LogP contribution in [0.2, 0.25) is 0 Å². The minimum Gasteiger partial charge on any atom is -0.370 e. The van der Waals surface area contributed by atoms with Gasteiger partial charge in [-0.15, -0.1) is 5.10 Å². The van der Waals surface area contributed by atoms with E-state index in [0.717, 1.165) is 18.7 Å². The highest BCUT2D eigenvalue weighted by molar-refractivity contribution is 5.75. The Morgan fingerprint density at radius 1 is 1.47 bits per heavy atom. The molecule has 0 amide bonds. The molecule has 7 nitrogen and oxygen atoms in total. The normalized spacial score (nSPS) is 10.2. The number of aliphatic imine (C=N–C) groups is 1. The van der Waals surface area contributed by atoms with Crippen LogP contribution in [0.5, 0.6) is 0 Å². The van der Waals surface area contributed by atoms with Gasteiger partial charge in [0.1, 0.15) is 0 Å². The molecule has 1 aromatic heterocycles. The van der Waals surface area contributed by atoms with E-state index in [0.29, 0.717) is 19.5 Å². The van der Waals surface area contributed by atoms with Crippen LogP contribution >= 0.6 is 0 Å². The van der Waals surface area contributed by atoms with Crippen LogP contribution in [-0.2, 0) is 13.0 Å². The third-order valence-corrected chi connectivity index (χ3v) is 1.84. The van der Waals surface area contributed by atoms with Gasteiger partial charge in [0.2, 0.25) is 0 Å². The highest BCUT2D eigenvalue weighted by atomic mass is 15.4. The first kappa shape index (κ1) is 11.4. The summed E-state index contributed by atoms with van der Waals surface area (Å²) in [5, 5.41) is 7.94. The van der Waals surface area contributed by atoms with Crippen LogP contribution in [0.25, 0.3) is 0 Å². The zero-order chi connectivity index (χ0) is 11.1. The van der Waals surface area contributed by atoms with Gasteiger partial charge in [-0.1, -0.05) is 5.21 Å². The zero-order valence-electron chi connectivity index (χ0n) is 8.63. The Hall–Kier alpha value is -1.63. The molecule has 7 heteroatoms. The van der Waals surface area contributed by atoms with Crippen LogP contribution in [0.15, 0.2) is 11.2 Å². The predicted octanol–water partition coefficient (Wildman–Crippen LogP) is -1.56. The molecule has 0 saturated carbocycles. The third-order valence-electron chi connectivity index (χ3n) is 1.84. The molecule has 1 rings (SSSR count). The molecule has 0 aliphatic carbocycles. The largest absolute Gasteiger partial charge is 0.370 e. The zero-order valence-corrected chi connectivity index (χ0v) is 8.63. The lowest BCUT2D eigenvalue weighted by Gasteiger charge is -1.95. The molecule has 15 heavy (non-hydrogen) atoms. The van der Waals surface area contributed by atoms with Crippen LogP contribution in [0, 0.1) is 0 Å². The fourth-order valence-electron chi connectivity index (χ4n) is 1.12. The molecule has 0 aliphatic rings. The Kier molecular flexibility index (Phi) is 4.55. The molecule has 1 heterocycles. The van der Waals surface area contributed by atoms with Crippen LogP contribution < -0.4 is 17.2 Å². The van der Waals surface area contributed by atoms with Crippen molar-refractivity contribution >= 4 is 5.96 Å². The summed E-state index contributed by atoms with van der Waals surface area (Å²) in [5.41, 5.74) is 16.7. The van der Waals surface area contributed by atoms with E-state index in [-0.39, 0.29) is 5.96 Å². The van der Waals surface area contributed by atoms with Gasteiger partial charge in [0, 0.05) is 25.7 Å². The molecule has 0 saturated heterocycles. The van der Waals surface area contributed by atoms with Crippen molar-refractivity contribution in [2.75, 3.05) is 13.1 Å². The van der Waals surface area contributed by atoms with Crippen molar-refractivity contribution in [1.82, 2.24) is 15.0 Å². The van der Waals surface area contributed by atoms with Gasteiger partial charge in [0.15, 0.2) is 5.96 Å². The van der Waals surface area contributed by atoms with E-state index in [1.807, 2.05) is 6.20 Å². The molecule has 0 unspecified atom stereocenters. The number of guanidine groups is 1. The second-order valence-electron chi connectivity index (χ2n) is 3.17. The Labute approximate surface area is 88.3 Å². The molecule has 0 radical (unpaired) electrons. The SMILES string of the molecule is NCCCn1cc(CCN=C(N)N)nn1. The lowest BCUT2D eigenvalue weighted by Crippen LogP contribution is -2.23.